The highest BCUT2D eigenvalue weighted by Crippen LogP contribution is 3.02. The molecule has 0 heterocycles. The van der Waals surface area contributed by atoms with Gasteiger partial charge in [-0.25, -0.2) is 0 Å². The van der Waals surface area contributed by atoms with Crippen molar-refractivity contribution < 1.29 is 19.4 Å². The van der Waals surface area contributed by atoms with Crippen LogP contribution in [-0.4, -0.2) is 0 Å². The van der Waals surface area contributed by atoms with Crippen molar-refractivity contribution >= 4 is 10.2 Å². The Bertz CT molecular complexity index is 457. The van der Waals surface area contributed by atoms with E-state index in [2.05, 4.69) is 0 Å². The molecule has 1 aromatic carbocycles. The van der Waals surface area contributed by atoms with Gasteiger partial charge in [-0.3, -0.25) is 0 Å². The summed E-state index contributed by atoms with van der Waals surface area (Å²) in [6.45, 7) is 5.17. The van der Waals surface area contributed by atoms with E-state index in [1.165, 1.54) is 6.92 Å². The van der Waals surface area contributed by atoms with Crippen LogP contribution in [0.5, 0.6) is 0 Å². The number of hydrogen-bond acceptors (Lipinski definition) is 1. The van der Waals surface area contributed by atoms with Gasteiger partial charge in [0.2, 0.25) is 0 Å². The van der Waals surface area contributed by atoms with E-state index in [0.717, 1.165) is 6.07 Å². The highest BCUT2D eigenvalue weighted by Gasteiger charge is 2.65. The number of benzene rings is 1. The van der Waals surface area contributed by atoms with Crippen LogP contribution >= 0.6 is 10.2 Å². The van der Waals surface area contributed by atoms with Gasteiger partial charge in [-0.15, -0.1) is 0 Å². The first-order valence-electron chi connectivity index (χ1n) is 4.69. The Morgan fingerprint density at radius 2 is 1.53 bits per heavy atom. The standard InChI is InChI=1S/C8H6F5NS.C2H6/c1-6-4-8(3-2-7(6)5-14)15(9,10,11,12)13;1-2/h2-4H,1H3;1-2H3. The van der Waals surface area contributed by atoms with Gasteiger partial charge >= 0.3 is 10.2 Å². The molecule has 1 rings (SSSR count). The normalized spacial score (nSPS) is 14.8. The monoisotopic (exact) mass is 273 g/mol. The minimum Gasteiger partial charge on any atom is -0.192 e. The van der Waals surface area contributed by atoms with Gasteiger partial charge in [-0.05, 0) is 30.7 Å². The summed E-state index contributed by atoms with van der Waals surface area (Å²) < 4.78 is 61.4. The van der Waals surface area contributed by atoms with Crippen LogP contribution in [0.4, 0.5) is 19.4 Å². The van der Waals surface area contributed by atoms with E-state index in [0.29, 0.717) is 6.07 Å². The maximum Gasteiger partial charge on any atom is 0.310 e. The molecule has 0 amide bonds. The van der Waals surface area contributed by atoms with Crippen molar-refractivity contribution in [2.75, 3.05) is 0 Å². The Labute approximate surface area is 96.6 Å². The number of hydrogen-bond donors (Lipinski definition) is 0. The molecule has 0 aromatic heterocycles. The number of aryl methyl sites for hydroxylation is 1. The van der Waals surface area contributed by atoms with Gasteiger partial charge < -0.3 is 0 Å². The lowest BCUT2D eigenvalue weighted by molar-refractivity contribution is 0.364. The molecular formula is C10H12F5NS. The fourth-order valence-corrected chi connectivity index (χ4v) is 1.73. The molecule has 0 saturated heterocycles. The fourth-order valence-electron chi connectivity index (χ4n) is 1.00. The van der Waals surface area contributed by atoms with Crippen molar-refractivity contribution in [2.24, 2.45) is 0 Å². The molecule has 0 saturated carbocycles. The van der Waals surface area contributed by atoms with Crippen molar-refractivity contribution in [2.45, 2.75) is 25.7 Å². The average molecular weight is 273 g/mol. The summed E-state index contributed by atoms with van der Waals surface area (Å²) in [6.07, 6.45) is 0. The summed E-state index contributed by atoms with van der Waals surface area (Å²) in [6, 6.07) is 2.86. The van der Waals surface area contributed by atoms with Crippen LogP contribution in [0, 0.1) is 18.3 Å². The third-order valence-corrected chi connectivity index (χ3v) is 2.91. The summed E-state index contributed by atoms with van der Waals surface area (Å²) >= 11 is 0. The minimum absolute atomic E-state index is 0.0550. The molecule has 0 bridgehead atoms. The lowest BCUT2D eigenvalue weighted by Gasteiger charge is -2.40. The van der Waals surface area contributed by atoms with Crippen LogP contribution in [0.15, 0.2) is 23.1 Å². The van der Waals surface area contributed by atoms with Crippen LogP contribution < -0.4 is 0 Å². The van der Waals surface area contributed by atoms with Crippen molar-refractivity contribution in [3.8, 4) is 6.07 Å². The molecule has 0 aliphatic heterocycles. The SMILES string of the molecule is CC.Cc1cc(S(F)(F)(F)(F)F)ccc1C#N. The highest BCUT2D eigenvalue weighted by molar-refractivity contribution is 8.45. The van der Waals surface area contributed by atoms with Gasteiger partial charge in [0.05, 0.1) is 11.6 Å². The quantitative estimate of drug-likeness (QED) is 0.615. The Morgan fingerprint density at radius 3 is 1.82 bits per heavy atom. The zero-order chi connectivity index (χ0) is 14.0. The molecule has 0 radical (unpaired) electrons. The maximum absolute atomic E-state index is 12.3. The molecular weight excluding hydrogens is 261 g/mol. The third-order valence-electron chi connectivity index (χ3n) is 1.76. The lowest BCUT2D eigenvalue weighted by atomic mass is 10.1. The van der Waals surface area contributed by atoms with Crippen LogP contribution in [0.3, 0.4) is 0 Å². The molecule has 0 fully saturated rings. The molecule has 7 heteroatoms. The molecule has 0 N–H and O–H groups in total. The minimum atomic E-state index is -9.61. The largest absolute Gasteiger partial charge is 0.310 e. The van der Waals surface area contributed by atoms with Gasteiger partial charge in [0.25, 0.3) is 0 Å². The summed E-state index contributed by atoms with van der Waals surface area (Å²) in [5.41, 5.74) is -0.177. The van der Waals surface area contributed by atoms with Crippen LogP contribution in [0.2, 0.25) is 0 Å². The second-order valence-electron chi connectivity index (χ2n) is 3.06. The summed E-state index contributed by atoms with van der Waals surface area (Å²) in [7, 11) is -9.61. The lowest BCUT2D eigenvalue weighted by Crippen LogP contribution is -2.06. The second kappa shape index (κ2) is 3.88. The number of halogens is 5. The van der Waals surface area contributed by atoms with Gasteiger partial charge in [0.15, 0.2) is 0 Å². The zero-order valence-electron chi connectivity index (χ0n) is 9.48. The summed E-state index contributed by atoms with van der Waals surface area (Å²) in [5, 5.41) is 8.43. The Morgan fingerprint density at radius 1 is 1.06 bits per heavy atom. The molecule has 1 aromatic rings. The molecule has 98 valence electrons. The molecule has 0 aliphatic rings. The maximum atomic E-state index is 12.3. The average Bonchev–Trinajstić information content (AvgIpc) is 2.17. The van der Waals surface area contributed by atoms with E-state index < -0.39 is 15.1 Å². The zero-order valence-corrected chi connectivity index (χ0v) is 10.3. The van der Waals surface area contributed by atoms with Gasteiger partial charge in [0.1, 0.15) is 4.90 Å². The predicted octanol–water partition coefficient (Wildman–Crippen LogP) is 5.55. The van der Waals surface area contributed by atoms with Gasteiger partial charge in [-0.1, -0.05) is 33.3 Å². The smallest absolute Gasteiger partial charge is 0.192 e. The molecule has 0 spiro atoms. The summed E-state index contributed by atoms with van der Waals surface area (Å²) in [4.78, 5) is -1.97. The molecule has 0 atom stereocenters. The molecule has 0 unspecified atom stereocenters. The Balaban J connectivity index is 0.00000121. The fraction of sp³-hybridized carbons (Fsp3) is 0.300. The predicted molar refractivity (Wildman–Crippen MR) is 58.6 cm³/mol. The third kappa shape index (κ3) is 4.23. The Kier molecular flexibility index (Phi) is 3.58. The number of nitriles is 1. The first-order chi connectivity index (χ1) is 7.44. The molecule has 1 nitrogen and oxygen atoms in total. The summed E-state index contributed by atoms with van der Waals surface area (Å²) in [5.74, 6) is 0. The van der Waals surface area contributed by atoms with Crippen LogP contribution in [-0.2, 0) is 0 Å². The van der Waals surface area contributed by atoms with Crippen molar-refractivity contribution in [3.63, 3.8) is 0 Å². The highest BCUT2D eigenvalue weighted by atomic mass is 32.5. The van der Waals surface area contributed by atoms with E-state index in [-0.39, 0.29) is 17.2 Å². The number of rotatable bonds is 1. The van der Waals surface area contributed by atoms with Crippen LogP contribution in [0.1, 0.15) is 25.0 Å². The van der Waals surface area contributed by atoms with Gasteiger partial charge in [0, 0.05) is 0 Å². The van der Waals surface area contributed by atoms with Crippen LogP contribution in [0.25, 0.3) is 0 Å². The van der Waals surface area contributed by atoms with Crippen molar-refractivity contribution in [1.29, 1.82) is 5.26 Å². The molecule has 17 heavy (non-hydrogen) atoms. The van der Waals surface area contributed by atoms with E-state index in [4.69, 9.17) is 5.26 Å². The van der Waals surface area contributed by atoms with E-state index in [1.54, 1.807) is 6.07 Å². The van der Waals surface area contributed by atoms with Gasteiger partial charge in [-0.2, -0.15) is 5.26 Å². The van der Waals surface area contributed by atoms with E-state index >= 15 is 0 Å². The Hall–Kier alpha value is -1.29. The van der Waals surface area contributed by atoms with E-state index in [9.17, 15) is 19.4 Å². The topological polar surface area (TPSA) is 23.8 Å². The second-order valence-corrected chi connectivity index (χ2v) is 5.47. The van der Waals surface area contributed by atoms with E-state index in [1.807, 2.05) is 13.8 Å². The van der Waals surface area contributed by atoms with Crippen molar-refractivity contribution in [3.05, 3.63) is 29.3 Å². The number of nitrogens with zero attached hydrogens (tertiary/aromatic N) is 1. The molecule has 0 aliphatic carbocycles. The van der Waals surface area contributed by atoms with Crippen molar-refractivity contribution in [1.82, 2.24) is 0 Å². The first kappa shape index (κ1) is 15.7. The first-order valence-corrected chi connectivity index (χ1v) is 6.64.